The minimum atomic E-state index is 0.718. The number of fused-ring (bicyclic) bond motifs is 4. The van der Waals surface area contributed by atoms with Crippen molar-refractivity contribution in [3.8, 4) is 16.9 Å². The second-order valence-corrected chi connectivity index (χ2v) is 11.4. The lowest BCUT2D eigenvalue weighted by atomic mass is 9.94. The highest BCUT2D eigenvalue weighted by Gasteiger charge is 2.21. The Morgan fingerprint density at radius 2 is 1.53 bits per heavy atom. The van der Waals surface area contributed by atoms with Gasteiger partial charge >= 0.3 is 0 Å². The van der Waals surface area contributed by atoms with Crippen LogP contribution in [0.25, 0.3) is 49.5 Å². The first-order valence-corrected chi connectivity index (χ1v) is 14.0. The fraction of sp³-hybridized carbons (Fsp3) is 0.250. The molecule has 188 valence electrons. The van der Waals surface area contributed by atoms with Crippen LogP contribution in [0.15, 0.2) is 85.1 Å². The molecule has 0 saturated heterocycles. The molecule has 1 aliphatic rings. The summed E-state index contributed by atoms with van der Waals surface area (Å²) in [5.74, 6) is 0.718. The van der Waals surface area contributed by atoms with Crippen LogP contribution in [0.2, 0.25) is 0 Å². The van der Waals surface area contributed by atoms with Gasteiger partial charge in [0.15, 0.2) is 6.20 Å². The highest BCUT2D eigenvalue weighted by Crippen LogP contribution is 2.39. The quantitative estimate of drug-likeness (QED) is 0.217. The predicted octanol–water partition coefficient (Wildman–Crippen LogP) is 9.01. The molecule has 2 heteroatoms. The average Bonchev–Trinajstić information content (AvgIpc) is 3.57. The summed E-state index contributed by atoms with van der Waals surface area (Å²) in [5, 5.41) is 5.27. The molecule has 2 heterocycles. The third-order valence-corrected chi connectivity index (χ3v) is 8.97. The molecule has 2 nitrogen and oxygen atoms in total. The summed E-state index contributed by atoms with van der Waals surface area (Å²) < 4.78 is 4.73. The van der Waals surface area contributed by atoms with E-state index in [4.69, 9.17) is 0 Å². The zero-order chi connectivity index (χ0) is 26.0. The Labute approximate surface area is 225 Å². The molecule has 0 unspecified atom stereocenters. The van der Waals surface area contributed by atoms with Crippen molar-refractivity contribution < 1.29 is 4.57 Å². The highest BCUT2D eigenvalue weighted by atomic mass is 15.0. The first-order valence-electron chi connectivity index (χ1n) is 14.0. The second-order valence-electron chi connectivity index (χ2n) is 11.4. The van der Waals surface area contributed by atoms with Gasteiger partial charge in [-0.2, -0.15) is 0 Å². The van der Waals surface area contributed by atoms with Gasteiger partial charge in [0, 0.05) is 22.5 Å². The maximum atomic E-state index is 2.48. The molecule has 0 radical (unpaired) electrons. The van der Waals surface area contributed by atoms with Crippen LogP contribution < -0.4 is 4.57 Å². The Kier molecular flexibility index (Phi) is 5.40. The summed E-state index contributed by atoms with van der Waals surface area (Å²) in [6.45, 7) is 6.66. The number of rotatable bonds is 3. The predicted molar refractivity (Wildman–Crippen MR) is 160 cm³/mol. The third-order valence-electron chi connectivity index (χ3n) is 8.97. The van der Waals surface area contributed by atoms with Crippen molar-refractivity contribution in [1.29, 1.82) is 0 Å². The fourth-order valence-electron chi connectivity index (χ4n) is 6.90. The van der Waals surface area contributed by atoms with E-state index >= 15 is 0 Å². The van der Waals surface area contributed by atoms with Crippen LogP contribution in [-0.4, -0.2) is 4.57 Å². The Balaban J connectivity index is 1.45. The molecular formula is C36H35N2+. The summed E-state index contributed by atoms with van der Waals surface area (Å²) in [6.07, 6.45) is 7.59. The molecule has 1 saturated carbocycles. The van der Waals surface area contributed by atoms with Crippen LogP contribution in [-0.2, 0) is 7.05 Å². The number of nitrogens with zero attached hydrogens (tertiary/aromatic N) is 2. The van der Waals surface area contributed by atoms with Crippen LogP contribution in [0.5, 0.6) is 0 Å². The Hall–Kier alpha value is -3.91. The number of pyridine rings is 1. The van der Waals surface area contributed by atoms with Gasteiger partial charge in [0.25, 0.3) is 0 Å². The Bertz CT molecular complexity index is 1860. The number of benzene rings is 4. The molecule has 1 aliphatic carbocycles. The van der Waals surface area contributed by atoms with E-state index in [9.17, 15) is 0 Å². The number of hydrogen-bond donors (Lipinski definition) is 0. The van der Waals surface area contributed by atoms with Crippen molar-refractivity contribution in [1.82, 2.24) is 4.57 Å². The van der Waals surface area contributed by atoms with Gasteiger partial charge < -0.3 is 4.57 Å². The lowest BCUT2D eigenvalue weighted by Gasteiger charge is -2.13. The molecule has 6 aromatic rings. The van der Waals surface area contributed by atoms with Crippen molar-refractivity contribution in [3.05, 3.63) is 107 Å². The molecule has 1 fully saturated rings. The number of aryl methyl sites for hydroxylation is 3. The Morgan fingerprint density at radius 3 is 2.37 bits per heavy atom. The number of aromatic nitrogens is 2. The smallest absolute Gasteiger partial charge is 0.220 e. The largest absolute Gasteiger partial charge is 0.309 e. The molecule has 0 spiro atoms. The van der Waals surface area contributed by atoms with Gasteiger partial charge in [0.2, 0.25) is 5.69 Å². The van der Waals surface area contributed by atoms with E-state index in [2.05, 4.69) is 122 Å². The van der Waals surface area contributed by atoms with Gasteiger partial charge in [-0.1, -0.05) is 48.7 Å². The molecule has 2 aromatic heterocycles. The second kappa shape index (κ2) is 8.84. The average molecular weight is 496 g/mol. The minimum absolute atomic E-state index is 0.718. The first kappa shape index (κ1) is 23.2. The van der Waals surface area contributed by atoms with Gasteiger partial charge in [-0.05, 0) is 104 Å². The Morgan fingerprint density at radius 1 is 0.737 bits per heavy atom. The molecule has 4 aromatic carbocycles. The highest BCUT2D eigenvalue weighted by molar-refractivity contribution is 6.10. The molecule has 0 N–H and O–H groups in total. The normalized spacial score (nSPS) is 14.3. The van der Waals surface area contributed by atoms with Crippen molar-refractivity contribution >= 4 is 32.6 Å². The zero-order valence-corrected chi connectivity index (χ0v) is 22.9. The maximum absolute atomic E-state index is 2.48. The maximum Gasteiger partial charge on any atom is 0.220 e. The van der Waals surface area contributed by atoms with Crippen molar-refractivity contribution in [3.63, 3.8) is 0 Å². The summed E-state index contributed by atoms with van der Waals surface area (Å²) in [5.41, 5.74) is 11.9. The molecule has 0 amide bonds. The lowest BCUT2D eigenvalue weighted by molar-refractivity contribution is -0.659. The van der Waals surface area contributed by atoms with E-state index in [1.807, 2.05) is 0 Å². The monoisotopic (exact) mass is 495 g/mol. The molecule has 0 aliphatic heterocycles. The van der Waals surface area contributed by atoms with Gasteiger partial charge in [-0.3, -0.25) is 0 Å². The number of hydrogen-bond acceptors (Lipinski definition) is 0. The zero-order valence-electron chi connectivity index (χ0n) is 22.9. The van der Waals surface area contributed by atoms with Crippen molar-refractivity contribution in [2.75, 3.05) is 0 Å². The van der Waals surface area contributed by atoms with E-state index in [1.165, 1.54) is 97.5 Å². The van der Waals surface area contributed by atoms with E-state index < -0.39 is 0 Å². The molecule has 0 bridgehead atoms. The van der Waals surface area contributed by atoms with Gasteiger partial charge in [-0.15, -0.1) is 0 Å². The summed E-state index contributed by atoms with van der Waals surface area (Å²) in [6, 6.07) is 30.0. The van der Waals surface area contributed by atoms with Crippen molar-refractivity contribution in [2.45, 2.75) is 52.4 Å². The van der Waals surface area contributed by atoms with Crippen LogP contribution >= 0.6 is 0 Å². The van der Waals surface area contributed by atoms with E-state index in [0.29, 0.717) is 0 Å². The topological polar surface area (TPSA) is 8.81 Å². The summed E-state index contributed by atoms with van der Waals surface area (Å²) in [4.78, 5) is 0. The lowest BCUT2D eigenvalue weighted by Crippen LogP contribution is -2.30. The van der Waals surface area contributed by atoms with E-state index in [0.717, 1.165) is 5.92 Å². The van der Waals surface area contributed by atoms with E-state index in [-0.39, 0.29) is 0 Å². The molecular weight excluding hydrogens is 460 g/mol. The first-order chi connectivity index (χ1) is 18.5. The van der Waals surface area contributed by atoms with Crippen LogP contribution in [0.3, 0.4) is 0 Å². The molecule has 38 heavy (non-hydrogen) atoms. The van der Waals surface area contributed by atoms with E-state index in [1.54, 1.807) is 0 Å². The van der Waals surface area contributed by atoms with Gasteiger partial charge in [-0.25, -0.2) is 4.57 Å². The SMILES string of the molecule is Cc1cc(C)c(C)c(-c2c3ccc(-n4c5ccccc5c5cc(C6CCCC6)ccc54)cc3cc[n+]2C)c1. The standard InChI is InChI=1S/C36H35N2/c1-23-19-24(2)25(3)32(20-23)36-30-15-14-29(21-28(30)17-18-37(36)4)38-34-12-8-7-11-31(34)33-22-27(13-16-35(33)38)26-9-5-6-10-26/h7-8,11-22,26H,5-6,9-10H2,1-4H3/q+1. The summed E-state index contributed by atoms with van der Waals surface area (Å²) >= 11 is 0. The van der Waals surface area contributed by atoms with Gasteiger partial charge in [0.1, 0.15) is 7.05 Å². The number of para-hydroxylation sites is 1. The molecule has 0 atom stereocenters. The molecule has 7 rings (SSSR count). The summed E-state index contributed by atoms with van der Waals surface area (Å²) in [7, 11) is 2.16. The third kappa shape index (κ3) is 3.58. The van der Waals surface area contributed by atoms with Gasteiger partial charge in [0.05, 0.1) is 22.0 Å². The fourth-order valence-corrected chi connectivity index (χ4v) is 6.90. The van der Waals surface area contributed by atoms with Crippen LogP contribution in [0.1, 0.15) is 53.9 Å². The van der Waals surface area contributed by atoms with Crippen molar-refractivity contribution in [2.24, 2.45) is 7.05 Å². The minimum Gasteiger partial charge on any atom is -0.309 e. The van der Waals surface area contributed by atoms with Crippen LogP contribution in [0.4, 0.5) is 0 Å². The van der Waals surface area contributed by atoms with Crippen LogP contribution in [0, 0.1) is 20.8 Å².